The molecule has 0 bridgehead atoms. The molecule has 0 fully saturated rings. The van der Waals surface area contributed by atoms with Crippen LogP contribution in [-0.4, -0.2) is 24.8 Å². The second kappa shape index (κ2) is 7.66. The van der Waals surface area contributed by atoms with E-state index in [0.717, 1.165) is 25.9 Å². The molecule has 0 amide bonds. The summed E-state index contributed by atoms with van der Waals surface area (Å²) < 4.78 is 0. The SMILES string of the molecule is CCC(CO)CNCCc1ccc(C(C)(C)C)cc1. The molecular weight excluding hydrogens is 234 g/mol. The summed E-state index contributed by atoms with van der Waals surface area (Å²) in [4.78, 5) is 0. The van der Waals surface area contributed by atoms with Crippen LogP contribution in [0.2, 0.25) is 0 Å². The molecule has 0 heterocycles. The molecule has 108 valence electrons. The molecular formula is C17H29NO. The second-order valence-electron chi connectivity index (χ2n) is 6.36. The van der Waals surface area contributed by atoms with Gasteiger partial charge in [0.1, 0.15) is 0 Å². The maximum atomic E-state index is 9.11. The molecule has 1 unspecified atom stereocenters. The van der Waals surface area contributed by atoms with Crippen LogP contribution in [0.1, 0.15) is 45.2 Å². The predicted molar refractivity (Wildman–Crippen MR) is 82.6 cm³/mol. The molecule has 2 N–H and O–H groups in total. The molecule has 1 aromatic rings. The Morgan fingerprint density at radius 3 is 2.26 bits per heavy atom. The Hall–Kier alpha value is -0.860. The number of aliphatic hydroxyl groups is 1. The number of nitrogens with one attached hydrogen (secondary N) is 1. The largest absolute Gasteiger partial charge is 0.396 e. The highest BCUT2D eigenvalue weighted by atomic mass is 16.3. The van der Waals surface area contributed by atoms with E-state index in [-0.39, 0.29) is 12.0 Å². The molecule has 0 saturated carbocycles. The van der Waals surface area contributed by atoms with Crippen molar-refractivity contribution in [3.8, 4) is 0 Å². The molecule has 1 atom stereocenters. The lowest BCUT2D eigenvalue weighted by molar-refractivity contribution is 0.219. The molecule has 0 aliphatic heterocycles. The maximum absolute atomic E-state index is 9.11. The molecule has 0 radical (unpaired) electrons. The van der Waals surface area contributed by atoms with Gasteiger partial charge >= 0.3 is 0 Å². The summed E-state index contributed by atoms with van der Waals surface area (Å²) in [6, 6.07) is 8.92. The van der Waals surface area contributed by atoms with Crippen molar-refractivity contribution in [1.29, 1.82) is 0 Å². The van der Waals surface area contributed by atoms with Gasteiger partial charge in [-0.15, -0.1) is 0 Å². The van der Waals surface area contributed by atoms with E-state index in [0.29, 0.717) is 5.92 Å². The lowest BCUT2D eigenvalue weighted by Gasteiger charge is -2.19. The normalized spacial score (nSPS) is 13.5. The molecule has 0 spiro atoms. The van der Waals surface area contributed by atoms with E-state index in [1.807, 2.05) is 0 Å². The standard InChI is InChI=1S/C17H29NO/c1-5-14(13-19)12-18-11-10-15-6-8-16(9-7-15)17(2,3)4/h6-9,14,18-19H,5,10-13H2,1-4H3. The summed E-state index contributed by atoms with van der Waals surface area (Å²) in [7, 11) is 0. The lowest BCUT2D eigenvalue weighted by Crippen LogP contribution is -2.26. The Morgan fingerprint density at radius 1 is 1.16 bits per heavy atom. The fraction of sp³-hybridized carbons (Fsp3) is 0.647. The Bertz CT molecular complexity index is 347. The van der Waals surface area contributed by atoms with Crippen molar-refractivity contribution in [3.05, 3.63) is 35.4 Å². The molecule has 1 rings (SSSR count). The number of hydrogen-bond acceptors (Lipinski definition) is 2. The van der Waals surface area contributed by atoms with Crippen molar-refractivity contribution in [2.75, 3.05) is 19.7 Å². The average molecular weight is 263 g/mol. The highest BCUT2D eigenvalue weighted by Crippen LogP contribution is 2.22. The summed E-state index contributed by atoms with van der Waals surface area (Å²) in [6.45, 7) is 11.0. The fourth-order valence-corrected chi connectivity index (χ4v) is 2.05. The minimum absolute atomic E-state index is 0.228. The first-order valence-electron chi connectivity index (χ1n) is 7.38. The van der Waals surface area contributed by atoms with Crippen molar-refractivity contribution in [2.24, 2.45) is 5.92 Å². The second-order valence-corrected chi connectivity index (χ2v) is 6.36. The summed E-state index contributed by atoms with van der Waals surface area (Å²) >= 11 is 0. The Kier molecular flexibility index (Phi) is 6.53. The number of aliphatic hydroxyl groups excluding tert-OH is 1. The third-order valence-electron chi connectivity index (χ3n) is 3.68. The van der Waals surface area contributed by atoms with Crippen LogP contribution >= 0.6 is 0 Å². The van der Waals surface area contributed by atoms with Crippen LogP contribution in [0, 0.1) is 5.92 Å². The molecule has 0 aliphatic carbocycles. The monoisotopic (exact) mass is 263 g/mol. The number of benzene rings is 1. The van der Waals surface area contributed by atoms with E-state index in [2.05, 4.69) is 57.3 Å². The molecule has 2 nitrogen and oxygen atoms in total. The first kappa shape index (κ1) is 16.2. The zero-order valence-electron chi connectivity index (χ0n) is 12.9. The number of hydrogen-bond donors (Lipinski definition) is 2. The minimum Gasteiger partial charge on any atom is -0.396 e. The maximum Gasteiger partial charge on any atom is 0.0471 e. The molecule has 0 aromatic heterocycles. The van der Waals surface area contributed by atoms with Crippen LogP contribution in [0.3, 0.4) is 0 Å². The Labute approximate surface area is 118 Å². The highest BCUT2D eigenvalue weighted by molar-refractivity contribution is 5.27. The van der Waals surface area contributed by atoms with E-state index >= 15 is 0 Å². The van der Waals surface area contributed by atoms with Crippen LogP contribution in [-0.2, 0) is 11.8 Å². The van der Waals surface area contributed by atoms with Gasteiger partial charge < -0.3 is 10.4 Å². The molecule has 0 saturated heterocycles. The van der Waals surface area contributed by atoms with Gasteiger partial charge in [-0.25, -0.2) is 0 Å². The topological polar surface area (TPSA) is 32.3 Å². The van der Waals surface area contributed by atoms with Crippen molar-refractivity contribution >= 4 is 0 Å². The van der Waals surface area contributed by atoms with E-state index in [1.54, 1.807) is 0 Å². The van der Waals surface area contributed by atoms with Crippen LogP contribution in [0.5, 0.6) is 0 Å². The van der Waals surface area contributed by atoms with Gasteiger partial charge in [0.2, 0.25) is 0 Å². The van der Waals surface area contributed by atoms with Gasteiger partial charge in [0.05, 0.1) is 0 Å². The van der Waals surface area contributed by atoms with E-state index in [4.69, 9.17) is 5.11 Å². The smallest absolute Gasteiger partial charge is 0.0471 e. The molecule has 19 heavy (non-hydrogen) atoms. The van der Waals surface area contributed by atoms with Crippen LogP contribution < -0.4 is 5.32 Å². The van der Waals surface area contributed by atoms with E-state index in [9.17, 15) is 0 Å². The van der Waals surface area contributed by atoms with Crippen LogP contribution in [0.25, 0.3) is 0 Å². The van der Waals surface area contributed by atoms with Gasteiger partial charge in [-0.3, -0.25) is 0 Å². The average Bonchev–Trinajstić information content (AvgIpc) is 2.38. The van der Waals surface area contributed by atoms with Gasteiger partial charge in [0, 0.05) is 13.2 Å². The Balaban J connectivity index is 2.34. The van der Waals surface area contributed by atoms with Crippen molar-refractivity contribution in [2.45, 2.75) is 46.0 Å². The van der Waals surface area contributed by atoms with Crippen LogP contribution in [0.15, 0.2) is 24.3 Å². The molecule has 1 aromatic carbocycles. The molecule has 0 aliphatic rings. The predicted octanol–water partition coefficient (Wildman–Crippen LogP) is 3.13. The van der Waals surface area contributed by atoms with Gasteiger partial charge in [-0.1, -0.05) is 52.0 Å². The number of rotatable bonds is 7. The van der Waals surface area contributed by atoms with Crippen molar-refractivity contribution < 1.29 is 5.11 Å². The van der Waals surface area contributed by atoms with Gasteiger partial charge in [0.15, 0.2) is 0 Å². The summed E-state index contributed by atoms with van der Waals surface area (Å²) in [5, 5.41) is 12.5. The summed E-state index contributed by atoms with van der Waals surface area (Å²) in [5.41, 5.74) is 2.99. The third kappa shape index (κ3) is 5.75. The zero-order valence-corrected chi connectivity index (χ0v) is 12.9. The zero-order chi connectivity index (χ0) is 14.3. The molecule has 2 heteroatoms. The third-order valence-corrected chi connectivity index (χ3v) is 3.68. The van der Waals surface area contributed by atoms with Crippen molar-refractivity contribution in [3.63, 3.8) is 0 Å². The lowest BCUT2D eigenvalue weighted by atomic mass is 9.86. The quantitative estimate of drug-likeness (QED) is 0.741. The van der Waals surface area contributed by atoms with E-state index in [1.165, 1.54) is 11.1 Å². The highest BCUT2D eigenvalue weighted by Gasteiger charge is 2.12. The first-order valence-corrected chi connectivity index (χ1v) is 7.38. The first-order chi connectivity index (χ1) is 8.97. The Morgan fingerprint density at radius 2 is 1.79 bits per heavy atom. The summed E-state index contributed by atoms with van der Waals surface area (Å²) in [6.07, 6.45) is 2.08. The van der Waals surface area contributed by atoms with Gasteiger partial charge in [0.25, 0.3) is 0 Å². The minimum atomic E-state index is 0.228. The van der Waals surface area contributed by atoms with Crippen molar-refractivity contribution in [1.82, 2.24) is 5.32 Å². The van der Waals surface area contributed by atoms with Gasteiger partial charge in [-0.05, 0) is 41.8 Å². The van der Waals surface area contributed by atoms with Gasteiger partial charge in [-0.2, -0.15) is 0 Å². The summed E-state index contributed by atoms with van der Waals surface area (Å²) in [5.74, 6) is 0.392. The van der Waals surface area contributed by atoms with E-state index < -0.39 is 0 Å². The fourth-order valence-electron chi connectivity index (χ4n) is 2.05. The van der Waals surface area contributed by atoms with Crippen LogP contribution in [0.4, 0.5) is 0 Å².